The van der Waals surface area contributed by atoms with Crippen LogP contribution in [0.5, 0.6) is 0 Å². The van der Waals surface area contributed by atoms with Crippen molar-refractivity contribution in [3.63, 3.8) is 0 Å². The summed E-state index contributed by atoms with van der Waals surface area (Å²) in [4.78, 5) is 21.1. The first-order valence-corrected chi connectivity index (χ1v) is 7.83. The Morgan fingerprint density at radius 3 is 2.43 bits per heavy atom. The van der Waals surface area contributed by atoms with Crippen LogP contribution in [0.2, 0.25) is 0 Å². The second-order valence-electron chi connectivity index (χ2n) is 4.02. The topological polar surface area (TPSA) is 121 Å². The van der Waals surface area contributed by atoms with Crippen molar-refractivity contribution in [2.45, 2.75) is 23.8 Å². The van der Waals surface area contributed by atoms with E-state index in [0.717, 1.165) is 18.2 Å². The Morgan fingerprint density at radius 1 is 1.33 bits per heavy atom. The Bertz CT molecular complexity index is 663. The van der Waals surface area contributed by atoms with E-state index in [1.54, 1.807) is 0 Å². The molecule has 0 bridgehead atoms. The van der Waals surface area contributed by atoms with Crippen LogP contribution < -0.4 is 4.72 Å². The lowest BCUT2D eigenvalue weighted by molar-refractivity contribution is -0.140. The lowest BCUT2D eigenvalue weighted by atomic mass is 10.2. The molecule has 1 aromatic rings. The second-order valence-corrected chi connectivity index (χ2v) is 6.56. The highest BCUT2D eigenvalue weighted by molar-refractivity contribution is 9.10. The minimum atomic E-state index is -4.24. The van der Waals surface area contributed by atoms with Crippen LogP contribution in [-0.2, 0) is 19.6 Å². The molecule has 0 aromatic heterocycles. The summed E-state index contributed by atoms with van der Waals surface area (Å²) >= 11 is 2.87. The van der Waals surface area contributed by atoms with E-state index in [9.17, 15) is 22.4 Å². The predicted octanol–water partition coefficient (Wildman–Crippen LogP) is 1.18. The van der Waals surface area contributed by atoms with Crippen molar-refractivity contribution in [2.75, 3.05) is 0 Å². The second kappa shape index (κ2) is 6.96. The molecule has 116 valence electrons. The summed E-state index contributed by atoms with van der Waals surface area (Å²) in [6.07, 6.45) is -0.924. The van der Waals surface area contributed by atoms with Crippen LogP contribution in [0.1, 0.15) is 12.8 Å². The highest BCUT2D eigenvalue weighted by atomic mass is 79.9. The Morgan fingerprint density at radius 2 is 1.95 bits per heavy atom. The summed E-state index contributed by atoms with van der Waals surface area (Å²) in [6, 6.07) is 1.20. The fraction of sp³-hybridized carbons (Fsp3) is 0.273. The van der Waals surface area contributed by atoms with Crippen LogP contribution in [0.3, 0.4) is 0 Å². The number of hydrogen-bond donors (Lipinski definition) is 3. The quantitative estimate of drug-likeness (QED) is 0.649. The van der Waals surface area contributed by atoms with E-state index < -0.39 is 46.7 Å². The fourth-order valence-electron chi connectivity index (χ4n) is 1.44. The van der Waals surface area contributed by atoms with Gasteiger partial charge in [-0.15, -0.1) is 0 Å². The number of carboxylic acids is 2. The monoisotopic (exact) mass is 383 g/mol. The minimum absolute atomic E-state index is 0.0719. The molecule has 0 radical (unpaired) electrons. The zero-order chi connectivity index (χ0) is 16.2. The van der Waals surface area contributed by atoms with Gasteiger partial charge in [0.25, 0.3) is 0 Å². The van der Waals surface area contributed by atoms with Gasteiger partial charge in [0.05, 0.1) is 4.90 Å². The molecular formula is C11H11BrFNO6S. The third-order valence-corrected chi connectivity index (χ3v) is 4.87. The van der Waals surface area contributed by atoms with Gasteiger partial charge in [-0.2, -0.15) is 4.72 Å². The number of hydrogen-bond acceptors (Lipinski definition) is 4. The van der Waals surface area contributed by atoms with Crippen molar-refractivity contribution in [3.8, 4) is 0 Å². The van der Waals surface area contributed by atoms with Gasteiger partial charge in [0.1, 0.15) is 11.9 Å². The molecule has 1 aromatic carbocycles. The van der Waals surface area contributed by atoms with E-state index in [-0.39, 0.29) is 9.37 Å². The number of sulfonamides is 1. The van der Waals surface area contributed by atoms with E-state index in [2.05, 4.69) is 15.9 Å². The van der Waals surface area contributed by atoms with Gasteiger partial charge in [0, 0.05) is 10.9 Å². The minimum Gasteiger partial charge on any atom is -0.481 e. The maximum absolute atomic E-state index is 12.9. The van der Waals surface area contributed by atoms with Crippen LogP contribution in [-0.4, -0.2) is 36.6 Å². The normalized spacial score (nSPS) is 12.9. The molecule has 0 heterocycles. The number of aliphatic carboxylic acids is 2. The first-order valence-electron chi connectivity index (χ1n) is 5.55. The Hall–Kier alpha value is -1.52. The first-order chi connectivity index (χ1) is 9.63. The molecule has 1 atom stereocenters. The van der Waals surface area contributed by atoms with Gasteiger partial charge in [-0.25, -0.2) is 12.8 Å². The fourth-order valence-corrected chi connectivity index (χ4v) is 3.72. The van der Waals surface area contributed by atoms with Crippen LogP contribution in [0.4, 0.5) is 4.39 Å². The summed E-state index contributed by atoms with van der Waals surface area (Å²) < 4.78 is 38.8. The molecule has 0 spiro atoms. The number of rotatable bonds is 7. The highest BCUT2D eigenvalue weighted by Crippen LogP contribution is 2.23. The van der Waals surface area contributed by atoms with E-state index in [4.69, 9.17) is 10.2 Å². The highest BCUT2D eigenvalue weighted by Gasteiger charge is 2.27. The smallest absolute Gasteiger partial charge is 0.321 e. The van der Waals surface area contributed by atoms with Crippen LogP contribution in [0.25, 0.3) is 0 Å². The number of carbonyl (C=O) groups is 2. The first kappa shape index (κ1) is 17.5. The van der Waals surface area contributed by atoms with Crippen molar-refractivity contribution < 1.29 is 32.6 Å². The van der Waals surface area contributed by atoms with Gasteiger partial charge in [0.2, 0.25) is 10.0 Å². The predicted molar refractivity (Wildman–Crippen MR) is 72.7 cm³/mol. The van der Waals surface area contributed by atoms with Crippen molar-refractivity contribution in [2.24, 2.45) is 0 Å². The van der Waals surface area contributed by atoms with Crippen molar-refractivity contribution in [3.05, 3.63) is 28.5 Å². The van der Waals surface area contributed by atoms with E-state index in [1.165, 1.54) is 0 Å². The van der Waals surface area contributed by atoms with E-state index in [0.29, 0.717) is 0 Å². The maximum atomic E-state index is 12.9. The van der Waals surface area contributed by atoms with Crippen LogP contribution in [0, 0.1) is 5.82 Å². The van der Waals surface area contributed by atoms with Gasteiger partial charge in [0.15, 0.2) is 0 Å². The summed E-state index contributed by atoms with van der Waals surface area (Å²) in [5.41, 5.74) is 0. The molecule has 0 aliphatic carbocycles. The molecule has 0 saturated carbocycles. The molecule has 0 amide bonds. The maximum Gasteiger partial charge on any atom is 0.321 e. The average Bonchev–Trinajstić information content (AvgIpc) is 2.33. The van der Waals surface area contributed by atoms with Gasteiger partial charge in [-0.1, -0.05) is 0 Å². The zero-order valence-corrected chi connectivity index (χ0v) is 12.8. The molecule has 21 heavy (non-hydrogen) atoms. The van der Waals surface area contributed by atoms with Crippen LogP contribution >= 0.6 is 15.9 Å². The standard InChI is InChI=1S/C11H11BrFNO6S/c12-7-5-6(13)1-3-9(7)21(19,20)14-8(11(17)18)2-4-10(15)16/h1,3,5,8,14H,2,4H2,(H,15,16)(H,17,18)/t8-/m0/s1. The number of halogens is 2. The molecule has 0 unspecified atom stereocenters. The number of nitrogens with one attached hydrogen (secondary N) is 1. The van der Waals surface area contributed by atoms with E-state index in [1.807, 2.05) is 4.72 Å². The molecule has 10 heteroatoms. The Labute approximate surface area is 128 Å². The molecule has 3 N–H and O–H groups in total. The van der Waals surface area contributed by atoms with Gasteiger partial charge >= 0.3 is 11.9 Å². The average molecular weight is 384 g/mol. The largest absolute Gasteiger partial charge is 0.481 e. The van der Waals surface area contributed by atoms with Crippen LogP contribution in [0.15, 0.2) is 27.6 Å². The Kier molecular flexibility index (Phi) is 5.81. The molecule has 1 rings (SSSR count). The number of carboxylic acid groups (broad SMARTS) is 2. The summed E-state index contributed by atoms with van der Waals surface area (Å²) in [5, 5.41) is 17.4. The van der Waals surface area contributed by atoms with Gasteiger partial charge < -0.3 is 10.2 Å². The summed E-state index contributed by atoms with van der Waals surface area (Å²) in [7, 11) is -4.24. The molecule has 0 fully saturated rings. The molecule has 7 nitrogen and oxygen atoms in total. The van der Waals surface area contributed by atoms with Gasteiger partial charge in [-0.3, -0.25) is 9.59 Å². The lowest BCUT2D eigenvalue weighted by Gasteiger charge is -2.14. The van der Waals surface area contributed by atoms with Crippen molar-refractivity contribution in [1.29, 1.82) is 0 Å². The molecule has 0 saturated heterocycles. The summed E-state index contributed by atoms with van der Waals surface area (Å²) in [5.74, 6) is -3.41. The Balaban J connectivity index is 3.00. The molecule has 0 aliphatic heterocycles. The van der Waals surface area contributed by atoms with Gasteiger partial charge in [-0.05, 0) is 40.5 Å². The van der Waals surface area contributed by atoms with Crippen molar-refractivity contribution >= 4 is 37.9 Å². The third-order valence-electron chi connectivity index (χ3n) is 2.43. The lowest BCUT2D eigenvalue weighted by Crippen LogP contribution is -2.41. The molecular weight excluding hydrogens is 373 g/mol. The third kappa shape index (κ3) is 5.06. The SMILES string of the molecule is O=C(O)CC[C@H](NS(=O)(=O)c1ccc(F)cc1Br)C(=O)O. The molecule has 0 aliphatic rings. The zero-order valence-electron chi connectivity index (χ0n) is 10.4. The summed E-state index contributed by atoms with van der Waals surface area (Å²) in [6.45, 7) is 0. The van der Waals surface area contributed by atoms with Crippen molar-refractivity contribution in [1.82, 2.24) is 4.72 Å². The number of benzene rings is 1. The van der Waals surface area contributed by atoms with E-state index >= 15 is 0 Å².